The Kier molecular flexibility index (Phi) is 7.34. The molecular formula is C15H21ClO3. The smallest absolute Gasteiger partial charge is 0.179 e. The molecule has 106 valence electrons. The van der Waals surface area contributed by atoms with Crippen LogP contribution in [0.1, 0.15) is 49.9 Å². The van der Waals surface area contributed by atoms with E-state index in [0.717, 1.165) is 19.1 Å². The lowest BCUT2D eigenvalue weighted by Gasteiger charge is -2.14. The second-order valence-corrected chi connectivity index (χ2v) is 4.70. The van der Waals surface area contributed by atoms with Gasteiger partial charge in [-0.2, -0.15) is 0 Å². The summed E-state index contributed by atoms with van der Waals surface area (Å²) in [6, 6.07) is 3.25. The molecule has 0 bridgehead atoms. The molecule has 0 fully saturated rings. The van der Waals surface area contributed by atoms with Crippen molar-refractivity contribution in [1.29, 1.82) is 0 Å². The minimum Gasteiger partial charge on any atom is -0.490 e. The van der Waals surface area contributed by atoms with Crippen LogP contribution in [-0.4, -0.2) is 19.5 Å². The van der Waals surface area contributed by atoms with E-state index in [-0.39, 0.29) is 0 Å². The number of hydrogen-bond acceptors (Lipinski definition) is 3. The normalized spacial score (nSPS) is 10.3. The molecule has 1 aromatic rings. The SMILES string of the molecule is CCCCCCOc1c(Cl)cc(C=O)cc1OCC. The number of carbonyl (C=O) groups excluding carboxylic acids is 1. The predicted molar refractivity (Wildman–Crippen MR) is 77.6 cm³/mol. The monoisotopic (exact) mass is 284 g/mol. The molecule has 0 atom stereocenters. The standard InChI is InChI=1S/C15H21ClO3/c1-3-5-6-7-8-19-15-13(16)9-12(11-17)10-14(15)18-4-2/h9-11H,3-8H2,1-2H3. The third kappa shape index (κ3) is 5.11. The minimum atomic E-state index is 0.420. The van der Waals surface area contributed by atoms with Gasteiger partial charge in [0.25, 0.3) is 0 Å². The highest BCUT2D eigenvalue weighted by molar-refractivity contribution is 6.32. The highest BCUT2D eigenvalue weighted by atomic mass is 35.5. The summed E-state index contributed by atoms with van der Waals surface area (Å²) < 4.78 is 11.2. The van der Waals surface area contributed by atoms with Gasteiger partial charge in [-0.15, -0.1) is 0 Å². The van der Waals surface area contributed by atoms with Crippen molar-refractivity contribution >= 4 is 17.9 Å². The van der Waals surface area contributed by atoms with E-state index in [9.17, 15) is 4.79 Å². The van der Waals surface area contributed by atoms with Gasteiger partial charge in [0.15, 0.2) is 11.5 Å². The van der Waals surface area contributed by atoms with Crippen LogP contribution in [0.15, 0.2) is 12.1 Å². The average Bonchev–Trinajstić information content (AvgIpc) is 2.41. The van der Waals surface area contributed by atoms with E-state index >= 15 is 0 Å². The van der Waals surface area contributed by atoms with Crippen molar-refractivity contribution in [3.8, 4) is 11.5 Å². The Hall–Kier alpha value is -1.22. The quantitative estimate of drug-likeness (QED) is 0.494. The van der Waals surface area contributed by atoms with E-state index in [1.54, 1.807) is 12.1 Å². The van der Waals surface area contributed by atoms with Crippen molar-refractivity contribution < 1.29 is 14.3 Å². The van der Waals surface area contributed by atoms with Gasteiger partial charge in [-0.1, -0.05) is 37.8 Å². The molecule has 0 saturated heterocycles. The zero-order chi connectivity index (χ0) is 14.1. The molecule has 0 radical (unpaired) electrons. The van der Waals surface area contributed by atoms with Crippen molar-refractivity contribution in [2.45, 2.75) is 39.5 Å². The molecular weight excluding hydrogens is 264 g/mol. The Labute approximate surface area is 119 Å². The van der Waals surface area contributed by atoms with E-state index in [4.69, 9.17) is 21.1 Å². The summed E-state index contributed by atoms with van der Waals surface area (Å²) in [6.45, 7) is 5.17. The third-order valence-corrected chi connectivity index (χ3v) is 2.99. The van der Waals surface area contributed by atoms with Crippen molar-refractivity contribution in [1.82, 2.24) is 0 Å². The van der Waals surface area contributed by atoms with Crippen LogP contribution >= 0.6 is 11.6 Å². The van der Waals surface area contributed by atoms with Crippen LogP contribution < -0.4 is 9.47 Å². The summed E-state index contributed by atoms with van der Waals surface area (Å²) in [4.78, 5) is 10.8. The number of hydrogen-bond donors (Lipinski definition) is 0. The van der Waals surface area contributed by atoms with Gasteiger partial charge in [0, 0.05) is 5.56 Å². The second-order valence-electron chi connectivity index (χ2n) is 4.29. The summed E-state index contributed by atoms with van der Waals surface area (Å²) >= 11 is 6.13. The largest absolute Gasteiger partial charge is 0.490 e. The van der Waals surface area contributed by atoms with Crippen LogP contribution in [0.2, 0.25) is 5.02 Å². The van der Waals surface area contributed by atoms with Crippen molar-refractivity contribution in [3.63, 3.8) is 0 Å². The Balaban J connectivity index is 2.71. The number of unbranched alkanes of at least 4 members (excludes halogenated alkanes) is 3. The lowest BCUT2D eigenvalue weighted by Crippen LogP contribution is -2.02. The highest BCUT2D eigenvalue weighted by Gasteiger charge is 2.12. The lowest BCUT2D eigenvalue weighted by atomic mass is 10.2. The molecule has 1 rings (SSSR count). The Morgan fingerprint density at radius 3 is 2.58 bits per heavy atom. The summed E-state index contributed by atoms with van der Waals surface area (Å²) in [7, 11) is 0. The minimum absolute atomic E-state index is 0.420. The van der Waals surface area contributed by atoms with E-state index in [1.807, 2.05) is 6.92 Å². The van der Waals surface area contributed by atoms with Crippen LogP contribution in [-0.2, 0) is 0 Å². The van der Waals surface area contributed by atoms with Crippen LogP contribution in [0.25, 0.3) is 0 Å². The van der Waals surface area contributed by atoms with Gasteiger partial charge in [0.2, 0.25) is 0 Å². The predicted octanol–water partition coefficient (Wildman–Crippen LogP) is 4.51. The molecule has 0 saturated carbocycles. The fourth-order valence-electron chi connectivity index (χ4n) is 1.76. The summed E-state index contributed by atoms with van der Waals surface area (Å²) in [5.41, 5.74) is 0.492. The van der Waals surface area contributed by atoms with Crippen molar-refractivity contribution in [2.75, 3.05) is 13.2 Å². The van der Waals surface area contributed by atoms with E-state index < -0.39 is 0 Å². The van der Waals surface area contributed by atoms with Crippen LogP contribution in [0.5, 0.6) is 11.5 Å². The molecule has 0 unspecified atom stereocenters. The number of rotatable bonds is 9. The summed E-state index contributed by atoms with van der Waals surface area (Å²) in [5.74, 6) is 1.07. The van der Waals surface area contributed by atoms with Crippen LogP contribution in [0.3, 0.4) is 0 Å². The van der Waals surface area contributed by atoms with Gasteiger partial charge >= 0.3 is 0 Å². The highest BCUT2D eigenvalue weighted by Crippen LogP contribution is 2.36. The molecule has 0 aliphatic carbocycles. The Bertz CT molecular complexity index is 405. The number of ether oxygens (including phenoxy) is 2. The van der Waals surface area contributed by atoms with E-state index in [2.05, 4.69) is 6.92 Å². The first-order valence-corrected chi connectivity index (χ1v) is 7.15. The van der Waals surface area contributed by atoms with Gasteiger partial charge in [0.1, 0.15) is 6.29 Å². The number of benzene rings is 1. The van der Waals surface area contributed by atoms with E-state index in [0.29, 0.717) is 35.3 Å². The number of halogens is 1. The van der Waals surface area contributed by atoms with Gasteiger partial charge in [-0.25, -0.2) is 0 Å². The Morgan fingerprint density at radius 1 is 1.16 bits per heavy atom. The molecule has 0 aliphatic rings. The molecule has 4 heteroatoms. The molecule has 3 nitrogen and oxygen atoms in total. The second kappa shape index (κ2) is 8.81. The van der Waals surface area contributed by atoms with Gasteiger partial charge < -0.3 is 9.47 Å². The molecule has 0 amide bonds. The third-order valence-electron chi connectivity index (χ3n) is 2.71. The summed E-state index contributed by atoms with van der Waals surface area (Å²) in [6.07, 6.45) is 5.29. The maximum atomic E-state index is 10.8. The Morgan fingerprint density at radius 2 is 1.95 bits per heavy atom. The summed E-state index contributed by atoms with van der Waals surface area (Å²) in [5, 5.41) is 0.420. The first-order chi connectivity index (χ1) is 9.22. The van der Waals surface area contributed by atoms with Crippen LogP contribution in [0.4, 0.5) is 0 Å². The molecule has 0 aromatic heterocycles. The fraction of sp³-hybridized carbons (Fsp3) is 0.533. The molecule has 0 heterocycles. The topological polar surface area (TPSA) is 35.5 Å². The fourth-order valence-corrected chi connectivity index (χ4v) is 2.04. The molecule has 0 aliphatic heterocycles. The van der Waals surface area contributed by atoms with Gasteiger partial charge in [-0.05, 0) is 25.5 Å². The molecule has 1 aromatic carbocycles. The lowest BCUT2D eigenvalue weighted by molar-refractivity contribution is 0.112. The van der Waals surface area contributed by atoms with Crippen molar-refractivity contribution in [3.05, 3.63) is 22.7 Å². The first kappa shape index (κ1) is 15.8. The van der Waals surface area contributed by atoms with Gasteiger partial charge in [0.05, 0.1) is 18.2 Å². The zero-order valence-electron chi connectivity index (χ0n) is 11.6. The average molecular weight is 285 g/mol. The molecule has 19 heavy (non-hydrogen) atoms. The van der Waals surface area contributed by atoms with Gasteiger partial charge in [-0.3, -0.25) is 4.79 Å². The molecule has 0 spiro atoms. The van der Waals surface area contributed by atoms with Crippen molar-refractivity contribution in [2.24, 2.45) is 0 Å². The number of aldehydes is 1. The number of carbonyl (C=O) groups is 1. The maximum absolute atomic E-state index is 10.8. The molecule has 0 N–H and O–H groups in total. The van der Waals surface area contributed by atoms with Crippen LogP contribution in [0, 0.1) is 0 Å². The zero-order valence-corrected chi connectivity index (χ0v) is 12.3. The maximum Gasteiger partial charge on any atom is 0.179 e. The van der Waals surface area contributed by atoms with E-state index in [1.165, 1.54) is 12.8 Å². The first-order valence-electron chi connectivity index (χ1n) is 6.77.